The average Bonchev–Trinajstić information content (AvgIpc) is 3.60. The Bertz CT molecular complexity index is 1640. The van der Waals surface area contributed by atoms with Gasteiger partial charge in [-0.25, -0.2) is 9.59 Å². The SMILES string of the molecule is CCCC(NC(=O)C1C[C@@H](c2ccccc2)CN1C(=O)[C@@H](NC(=O)OC(C)(C)C)C1CCCCC1)C(=O)C(=O)NCC(=O)N[C@H](C(=O)O)c1ccccc1. The first-order valence-corrected chi connectivity index (χ1v) is 18.7. The van der Waals surface area contributed by atoms with Gasteiger partial charge >= 0.3 is 12.1 Å². The highest BCUT2D eigenvalue weighted by Gasteiger charge is 2.45. The van der Waals surface area contributed by atoms with Crippen LogP contribution in [-0.4, -0.2) is 88.3 Å². The van der Waals surface area contributed by atoms with Crippen molar-refractivity contribution in [2.24, 2.45) is 5.92 Å². The van der Waals surface area contributed by atoms with Crippen molar-refractivity contribution in [2.75, 3.05) is 13.1 Å². The Hall–Kier alpha value is -5.27. The lowest BCUT2D eigenvalue weighted by atomic mass is 9.83. The fraction of sp³-hybridized carbons (Fsp3) is 0.525. The molecule has 14 heteroatoms. The molecule has 0 radical (unpaired) electrons. The van der Waals surface area contributed by atoms with Crippen molar-refractivity contribution >= 4 is 41.5 Å². The number of nitrogens with one attached hydrogen (secondary N) is 4. The predicted octanol–water partition coefficient (Wildman–Crippen LogP) is 3.76. The van der Waals surface area contributed by atoms with Crippen LogP contribution >= 0.6 is 0 Å². The third-order valence-electron chi connectivity index (χ3n) is 9.75. The number of Topliss-reactive ketones (excluding diaryl/α,β-unsaturated/α-hetero) is 1. The molecule has 2 aliphatic rings. The monoisotopic (exact) mass is 747 g/mol. The second kappa shape index (κ2) is 19.2. The number of carboxylic acid groups (broad SMARTS) is 1. The minimum atomic E-state index is -1.37. The number of benzene rings is 2. The van der Waals surface area contributed by atoms with E-state index in [4.69, 9.17) is 4.74 Å². The van der Waals surface area contributed by atoms with Crippen LogP contribution in [0, 0.1) is 5.92 Å². The molecule has 2 aromatic carbocycles. The van der Waals surface area contributed by atoms with Gasteiger partial charge in [0.1, 0.15) is 17.7 Å². The molecule has 1 aliphatic heterocycles. The van der Waals surface area contributed by atoms with Crippen molar-refractivity contribution in [3.8, 4) is 0 Å². The summed E-state index contributed by atoms with van der Waals surface area (Å²) in [5.41, 5.74) is 0.459. The number of likely N-dealkylation sites (tertiary alicyclic amines) is 1. The number of ether oxygens (including phenoxy) is 1. The van der Waals surface area contributed by atoms with Crippen molar-refractivity contribution in [3.05, 3.63) is 71.8 Å². The standard InChI is InChI=1S/C40H53N5O9/c1-5-15-29(34(47)36(49)41-23-31(46)43-33(38(51)52)27-20-13-8-14-21-27)42-35(48)30-22-28(25-16-9-6-10-17-25)24-45(30)37(50)32(26-18-11-7-12-19-26)44-39(53)54-40(2,3)4/h6,8-10,13-14,16-17,20-21,26,28-30,32-33H,5,7,11-12,15,18-19,22-24H2,1-4H3,(H,41,49)(H,42,48)(H,43,46)(H,44,53)(H,51,52)/t28-,29?,30?,32+,33+/m1/s1. The quantitative estimate of drug-likeness (QED) is 0.168. The molecule has 1 saturated heterocycles. The molecule has 1 heterocycles. The zero-order valence-corrected chi connectivity index (χ0v) is 31.5. The fourth-order valence-electron chi connectivity index (χ4n) is 7.13. The maximum absolute atomic E-state index is 14.5. The highest BCUT2D eigenvalue weighted by atomic mass is 16.6. The van der Waals surface area contributed by atoms with Crippen LogP contribution in [0.5, 0.6) is 0 Å². The summed E-state index contributed by atoms with van der Waals surface area (Å²) in [4.78, 5) is 94.0. The zero-order chi connectivity index (χ0) is 39.4. The van der Waals surface area contributed by atoms with E-state index in [1.165, 1.54) is 17.0 Å². The van der Waals surface area contributed by atoms with Crippen LogP contribution in [0.2, 0.25) is 0 Å². The van der Waals surface area contributed by atoms with Gasteiger partial charge in [0.05, 0.1) is 12.6 Å². The van der Waals surface area contributed by atoms with Crippen molar-refractivity contribution in [3.63, 3.8) is 0 Å². The van der Waals surface area contributed by atoms with E-state index in [0.29, 0.717) is 12.0 Å². The third-order valence-corrected chi connectivity index (χ3v) is 9.75. The molecule has 2 unspecified atom stereocenters. The highest BCUT2D eigenvalue weighted by molar-refractivity contribution is 6.38. The summed E-state index contributed by atoms with van der Waals surface area (Å²) in [5.74, 6) is -5.66. The van der Waals surface area contributed by atoms with Gasteiger partial charge < -0.3 is 36.0 Å². The molecule has 5 amide bonds. The first-order valence-electron chi connectivity index (χ1n) is 18.7. The Morgan fingerprint density at radius 3 is 2.09 bits per heavy atom. The normalized spacial score (nSPS) is 19.1. The number of carboxylic acids is 1. The molecular weight excluding hydrogens is 694 g/mol. The molecule has 2 aromatic rings. The van der Waals surface area contributed by atoms with Crippen molar-refractivity contribution in [2.45, 2.75) is 115 Å². The van der Waals surface area contributed by atoms with Gasteiger partial charge in [-0.2, -0.15) is 0 Å². The van der Waals surface area contributed by atoms with Crippen molar-refractivity contribution in [1.82, 2.24) is 26.2 Å². The molecule has 54 heavy (non-hydrogen) atoms. The van der Waals surface area contributed by atoms with Gasteiger partial charge in [0.25, 0.3) is 5.91 Å². The number of amides is 5. The molecule has 4 rings (SSSR count). The molecule has 5 atom stereocenters. The average molecular weight is 748 g/mol. The fourth-order valence-corrected chi connectivity index (χ4v) is 7.13. The number of hydrogen-bond acceptors (Lipinski definition) is 8. The van der Waals surface area contributed by atoms with Gasteiger partial charge in [-0.1, -0.05) is 93.3 Å². The molecule has 292 valence electrons. The van der Waals surface area contributed by atoms with Gasteiger partial charge in [-0.05, 0) is 63.5 Å². The van der Waals surface area contributed by atoms with E-state index in [2.05, 4.69) is 21.3 Å². The van der Waals surface area contributed by atoms with Crippen LogP contribution in [0.3, 0.4) is 0 Å². The van der Waals surface area contributed by atoms with Crippen LogP contribution in [-0.2, 0) is 33.5 Å². The van der Waals surface area contributed by atoms with Gasteiger partial charge in [-0.3, -0.25) is 24.0 Å². The van der Waals surface area contributed by atoms with E-state index in [-0.39, 0.29) is 31.2 Å². The maximum Gasteiger partial charge on any atom is 0.408 e. The Balaban J connectivity index is 1.50. The van der Waals surface area contributed by atoms with Crippen LogP contribution in [0.25, 0.3) is 0 Å². The maximum atomic E-state index is 14.5. The largest absolute Gasteiger partial charge is 0.479 e. The molecule has 0 aromatic heterocycles. The van der Waals surface area contributed by atoms with E-state index in [1.807, 2.05) is 30.3 Å². The number of carbonyl (C=O) groups excluding carboxylic acids is 6. The third kappa shape index (κ3) is 11.6. The molecule has 1 saturated carbocycles. The number of aliphatic carboxylic acids is 1. The number of hydrogen-bond donors (Lipinski definition) is 5. The minimum absolute atomic E-state index is 0.104. The van der Waals surface area contributed by atoms with E-state index < -0.39 is 77.8 Å². The van der Waals surface area contributed by atoms with Gasteiger partial charge in [0.15, 0.2) is 6.04 Å². The Morgan fingerprint density at radius 1 is 0.870 bits per heavy atom. The number of carbonyl (C=O) groups is 7. The Morgan fingerprint density at radius 2 is 1.50 bits per heavy atom. The predicted molar refractivity (Wildman–Crippen MR) is 199 cm³/mol. The molecule has 1 aliphatic carbocycles. The van der Waals surface area contributed by atoms with Crippen LogP contribution in [0.1, 0.15) is 102 Å². The summed E-state index contributed by atoms with van der Waals surface area (Å²) in [7, 11) is 0. The van der Waals surface area contributed by atoms with E-state index in [1.54, 1.807) is 45.9 Å². The molecular formula is C40H53N5O9. The molecule has 14 nitrogen and oxygen atoms in total. The van der Waals surface area contributed by atoms with Gasteiger partial charge in [0.2, 0.25) is 23.5 Å². The first kappa shape index (κ1) is 41.5. The van der Waals surface area contributed by atoms with Crippen LogP contribution < -0.4 is 21.3 Å². The smallest absolute Gasteiger partial charge is 0.408 e. The summed E-state index contributed by atoms with van der Waals surface area (Å²) < 4.78 is 5.52. The summed E-state index contributed by atoms with van der Waals surface area (Å²) >= 11 is 0. The Kier molecular flexibility index (Phi) is 14.7. The number of nitrogens with zero attached hydrogens (tertiary/aromatic N) is 1. The summed E-state index contributed by atoms with van der Waals surface area (Å²) in [6.07, 6.45) is 4.33. The van der Waals surface area contributed by atoms with E-state index in [0.717, 1.165) is 37.7 Å². The lowest BCUT2D eigenvalue weighted by molar-refractivity contribution is -0.144. The van der Waals surface area contributed by atoms with Crippen LogP contribution in [0.4, 0.5) is 4.79 Å². The topological polar surface area (TPSA) is 200 Å². The molecule has 2 fully saturated rings. The van der Waals surface area contributed by atoms with Crippen molar-refractivity contribution < 1.29 is 43.4 Å². The van der Waals surface area contributed by atoms with E-state index >= 15 is 0 Å². The molecule has 5 N–H and O–H groups in total. The first-order chi connectivity index (χ1) is 25.7. The zero-order valence-electron chi connectivity index (χ0n) is 31.5. The molecule has 0 spiro atoms. The number of rotatable bonds is 15. The van der Waals surface area contributed by atoms with Crippen LogP contribution in [0.15, 0.2) is 60.7 Å². The second-order valence-corrected chi connectivity index (χ2v) is 15.0. The lowest BCUT2D eigenvalue weighted by Crippen LogP contribution is -2.58. The lowest BCUT2D eigenvalue weighted by Gasteiger charge is -2.35. The number of alkyl carbamates (subject to hydrolysis) is 1. The summed E-state index contributed by atoms with van der Waals surface area (Å²) in [6, 6.07) is 12.9. The van der Waals surface area contributed by atoms with Gasteiger partial charge in [0, 0.05) is 12.5 Å². The van der Waals surface area contributed by atoms with Gasteiger partial charge in [-0.15, -0.1) is 0 Å². The number of ketones is 1. The minimum Gasteiger partial charge on any atom is -0.479 e. The van der Waals surface area contributed by atoms with Crippen molar-refractivity contribution in [1.29, 1.82) is 0 Å². The van der Waals surface area contributed by atoms with E-state index in [9.17, 15) is 38.7 Å². The highest BCUT2D eigenvalue weighted by Crippen LogP contribution is 2.35. The Labute approximate surface area is 316 Å². The second-order valence-electron chi connectivity index (χ2n) is 15.0. The molecule has 0 bridgehead atoms. The summed E-state index contributed by atoms with van der Waals surface area (Å²) in [6.45, 7) is 6.51. The summed E-state index contributed by atoms with van der Waals surface area (Å²) in [5, 5.41) is 19.7.